The van der Waals surface area contributed by atoms with Gasteiger partial charge in [0.15, 0.2) is 6.10 Å². The van der Waals surface area contributed by atoms with E-state index in [-0.39, 0.29) is 35.1 Å². The van der Waals surface area contributed by atoms with E-state index in [0.717, 1.165) is 32.1 Å². The first kappa shape index (κ1) is 23.7. The van der Waals surface area contributed by atoms with E-state index in [9.17, 15) is 18.0 Å². The van der Waals surface area contributed by atoms with Crippen LogP contribution in [0.5, 0.6) is 0 Å². The number of ether oxygens (including phenoxy) is 2. The molecule has 31 heavy (non-hydrogen) atoms. The predicted molar refractivity (Wildman–Crippen MR) is 115 cm³/mol. The van der Waals surface area contributed by atoms with Crippen LogP contribution in [0.2, 0.25) is 0 Å². The second-order valence-corrected chi connectivity index (χ2v) is 10.2. The first-order valence-electron chi connectivity index (χ1n) is 11.0. The number of hydrogen-bond acceptors (Lipinski definition) is 6. The summed E-state index contributed by atoms with van der Waals surface area (Å²) in [6, 6.07) is 5.58. The number of esters is 1. The summed E-state index contributed by atoms with van der Waals surface area (Å²) in [5, 5.41) is 2.98. The lowest BCUT2D eigenvalue weighted by molar-refractivity contribution is -0.130. The van der Waals surface area contributed by atoms with Crippen molar-refractivity contribution in [3.05, 3.63) is 29.8 Å². The summed E-state index contributed by atoms with van der Waals surface area (Å²) in [5.74, 6) is -0.579. The molecule has 1 aromatic rings. The largest absolute Gasteiger partial charge is 0.449 e. The lowest BCUT2D eigenvalue weighted by Gasteiger charge is -2.30. The zero-order valence-corrected chi connectivity index (χ0v) is 18.9. The maximum Gasteiger partial charge on any atom is 0.338 e. The lowest BCUT2D eigenvalue weighted by Crippen LogP contribution is -2.45. The summed E-state index contributed by atoms with van der Waals surface area (Å²) in [6.45, 7) is 4.53. The molecule has 3 rings (SSSR count). The Hall–Kier alpha value is -1.97. The fourth-order valence-electron chi connectivity index (χ4n) is 3.97. The number of rotatable bonds is 8. The van der Waals surface area contributed by atoms with Gasteiger partial charge in [0.25, 0.3) is 5.91 Å². The van der Waals surface area contributed by atoms with Gasteiger partial charge in [-0.1, -0.05) is 19.8 Å². The second-order valence-electron chi connectivity index (χ2n) is 8.44. The zero-order chi connectivity index (χ0) is 22.4. The summed E-state index contributed by atoms with van der Waals surface area (Å²) < 4.78 is 38.1. The molecule has 9 heteroatoms. The van der Waals surface area contributed by atoms with Crippen molar-refractivity contribution in [2.24, 2.45) is 5.92 Å². The Kier molecular flexibility index (Phi) is 8.07. The van der Waals surface area contributed by atoms with E-state index >= 15 is 0 Å². The fourth-order valence-corrected chi connectivity index (χ4v) is 5.04. The first-order valence-corrected chi connectivity index (χ1v) is 12.5. The topological polar surface area (TPSA) is 111 Å². The van der Waals surface area contributed by atoms with Gasteiger partial charge in [-0.25, -0.2) is 17.9 Å². The van der Waals surface area contributed by atoms with Crippen LogP contribution in [0, 0.1) is 5.92 Å². The highest BCUT2D eigenvalue weighted by atomic mass is 32.2. The molecule has 2 fully saturated rings. The maximum absolute atomic E-state index is 12.4. The molecular formula is C22H32N2O6S. The molecule has 4 atom stereocenters. The van der Waals surface area contributed by atoms with E-state index in [2.05, 4.69) is 17.0 Å². The third-order valence-corrected chi connectivity index (χ3v) is 7.46. The van der Waals surface area contributed by atoms with Crippen LogP contribution in [0.3, 0.4) is 0 Å². The summed E-state index contributed by atoms with van der Waals surface area (Å²) in [6.07, 6.45) is 5.00. The molecule has 172 valence electrons. The molecule has 1 aromatic carbocycles. The van der Waals surface area contributed by atoms with Crippen LogP contribution in [-0.4, -0.2) is 51.7 Å². The minimum Gasteiger partial charge on any atom is -0.449 e. The van der Waals surface area contributed by atoms with E-state index in [1.54, 1.807) is 0 Å². The Morgan fingerprint density at radius 1 is 1.13 bits per heavy atom. The molecule has 2 aliphatic rings. The zero-order valence-electron chi connectivity index (χ0n) is 18.1. The van der Waals surface area contributed by atoms with Crippen LogP contribution in [0.15, 0.2) is 29.2 Å². The molecule has 1 heterocycles. The Labute approximate surface area is 184 Å². The van der Waals surface area contributed by atoms with Gasteiger partial charge in [0.2, 0.25) is 10.0 Å². The average molecular weight is 453 g/mol. The molecule has 1 aliphatic heterocycles. The molecule has 4 unspecified atom stereocenters. The van der Waals surface area contributed by atoms with Gasteiger partial charge in [0.05, 0.1) is 16.6 Å². The number of benzene rings is 1. The second kappa shape index (κ2) is 10.6. The maximum atomic E-state index is 12.4. The predicted octanol–water partition coefficient (Wildman–Crippen LogP) is 2.38. The Bertz CT molecular complexity index is 864. The quantitative estimate of drug-likeness (QED) is 0.586. The van der Waals surface area contributed by atoms with Gasteiger partial charge in [0, 0.05) is 19.2 Å². The number of carbonyl (C=O) groups excluding carboxylic acids is 2. The molecule has 0 aromatic heterocycles. The molecule has 1 aliphatic carbocycles. The van der Waals surface area contributed by atoms with Crippen LogP contribution in [0.25, 0.3) is 0 Å². The fraction of sp³-hybridized carbons (Fsp3) is 0.636. The van der Waals surface area contributed by atoms with Crippen molar-refractivity contribution in [3.8, 4) is 0 Å². The SMILES string of the molecule is CC(OC(=O)c1ccc(S(=O)(=O)NCC2CCCO2)cc1)C(=O)NC1CCCCC1C. The monoisotopic (exact) mass is 452 g/mol. The van der Waals surface area contributed by atoms with Gasteiger partial charge >= 0.3 is 5.97 Å². The van der Waals surface area contributed by atoms with E-state index in [1.165, 1.54) is 37.6 Å². The summed E-state index contributed by atoms with van der Waals surface area (Å²) in [7, 11) is -3.69. The van der Waals surface area contributed by atoms with E-state index in [0.29, 0.717) is 12.5 Å². The summed E-state index contributed by atoms with van der Waals surface area (Å²) >= 11 is 0. The van der Waals surface area contributed by atoms with Gasteiger partial charge < -0.3 is 14.8 Å². The van der Waals surface area contributed by atoms with Crippen molar-refractivity contribution in [1.82, 2.24) is 10.0 Å². The molecule has 2 N–H and O–H groups in total. The van der Waals surface area contributed by atoms with Crippen molar-refractivity contribution in [2.75, 3.05) is 13.2 Å². The van der Waals surface area contributed by atoms with Gasteiger partial charge in [-0.05, 0) is 62.8 Å². The van der Waals surface area contributed by atoms with Crippen LogP contribution in [0.1, 0.15) is 62.7 Å². The van der Waals surface area contributed by atoms with E-state index < -0.39 is 22.1 Å². The van der Waals surface area contributed by atoms with Gasteiger partial charge in [0.1, 0.15) is 0 Å². The van der Waals surface area contributed by atoms with Crippen LogP contribution in [-0.2, 0) is 24.3 Å². The Balaban J connectivity index is 1.52. The van der Waals surface area contributed by atoms with Crippen molar-refractivity contribution in [1.29, 1.82) is 0 Å². The van der Waals surface area contributed by atoms with Crippen LogP contribution >= 0.6 is 0 Å². The van der Waals surface area contributed by atoms with E-state index in [1.807, 2.05) is 0 Å². The van der Waals surface area contributed by atoms with Gasteiger partial charge in [-0.2, -0.15) is 0 Å². The molecular weight excluding hydrogens is 420 g/mol. The number of carbonyl (C=O) groups is 2. The summed E-state index contributed by atoms with van der Waals surface area (Å²) in [4.78, 5) is 24.9. The highest BCUT2D eigenvalue weighted by Gasteiger charge is 2.27. The van der Waals surface area contributed by atoms with E-state index in [4.69, 9.17) is 9.47 Å². The van der Waals surface area contributed by atoms with Gasteiger partial charge in [-0.3, -0.25) is 4.79 Å². The first-order chi connectivity index (χ1) is 14.8. The standard InChI is InChI=1S/C22H32N2O6S/c1-15-6-3-4-8-20(15)24-21(25)16(2)30-22(26)17-9-11-19(12-10-17)31(27,28)23-14-18-7-5-13-29-18/h9-12,15-16,18,20,23H,3-8,13-14H2,1-2H3,(H,24,25). The van der Waals surface area contributed by atoms with Crippen molar-refractivity contribution < 1.29 is 27.5 Å². The Morgan fingerprint density at radius 3 is 2.48 bits per heavy atom. The number of nitrogens with one attached hydrogen (secondary N) is 2. The van der Waals surface area contributed by atoms with Crippen molar-refractivity contribution in [2.45, 2.75) is 75.5 Å². The number of sulfonamides is 1. The normalized spacial score (nSPS) is 25.0. The molecule has 1 saturated carbocycles. The molecule has 0 spiro atoms. The smallest absolute Gasteiger partial charge is 0.338 e. The minimum atomic E-state index is -3.69. The Morgan fingerprint density at radius 2 is 1.84 bits per heavy atom. The minimum absolute atomic E-state index is 0.0547. The third kappa shape index (κ3) is 6.51. The highest BCUT2D eigenvalue weighted by Crippen LogP contribution is 2.24. The molecule has 0 bridgehead atoms. The molecule has 1 amide bonds. The van der Waals surface area contributed by atoms with Crippen LogP contribution in [0.4, 0.5) is 0 Å². The molecule has 8 nitrogen and oxygen atoms in total. The molecule has 1 saturated heterocycles. The van der Waals surface area contributed by atoms with Gasteiger partial charge in [-0.15, -0.1) is 0 Å². The van der Waals surface area contributed by atoms with Crippen molar-refractivity contribution >= 4 is 21.9 Å². The number of amides is 1. The lowest BCUT2D eigenvalue weighted by atomic mass is 9.86. The number of hydrogen-bond donors (Lipinski definition) is 2. The molecule has 0 radical (unpaired) electrons. The van der Waals surface area contributed by atoms with Crippen molar-refractivity contribution in [3.63, 3.8) is 0 Å². The highest BCUT2D eigenvalue weighted by molar-refractivity contribution is 7.89. The third-order valence-electron chi connectivity index (χ3n) is 6.02. The average Bonchev–Trinajstić information content (AvgIpc) is 3.28. The summed E-state index contributed by atoms with van der Waals surface area (Å²) in [5.41, 5.74) is 0.184. The van der Waals surface area contributed by atoms with Crippen LogP contribution < -0.4 is 10.0 Å².